The molecule has 7 rings (SSSR count). The SMILES string of the molecule is C=C(C)[C@@H]1CC[C@]2(C(=O)O)C[C@@H]3OC(C)(C)O[C@H]4C[C@H]5C(C)(C)C(c6ccc(OC=O)cc6)=CC[C@]5(C)[C@H]5CC[C@H]([C@@H]12)[C@]3(C)[C@]45C. The lowest BCUT2D eigenvalue weighted by Crippen LogP contribution is -2.72. The first-order valence-electron chi connectivity index (χ1n) is 17.6. The summed E-state index contributed by atoms with van der Waals surface area (Å²) in [7, 11) is 0. The molecule has 4 saturated carbocycles. The van der Waals surface area contributed by atoms with Gasteiger partial charge in [-0.2, -0.15) is 0 Å². The number of carboxylic acids is 1. The summed E-state index contributed by atoms with van der Waals surface area (Å²) in [4.78, 5) is 24.3. The fraction of sp³-hybridized carbons (Fsp3) is 0.700. The number of rotatable bonds is 5. The second-order valence-electron chi connectivity index (χ2n) is 17.7. The van der Waals surface area contributed by atoms with Gasteiger partial charge in [0.05, 0.1) is 17.6 Å². The van der Waals surface area contributed by atoms with Gasteiger partial charge in [0.25, 0.3) is 6.47 Å². The summed E-state index contributed by atoms with van der Waals surface area (Å²) in [5.41, 5.74) is 2.35. The Labute approximate surface area is 275 Å². The van der Waals surface area contributed by atoms with Crippen LogP contribution in [0.3, 0.4) is 0 Å². The molecule has 46 heavy (non-hydrogen) atoms. The van der Waals surface area contributed by atoms with Crippen LogP contribution in [0.1, 0.15) is 106 Å². The maximum atomic E-state index is 13.4. The molecule has 0 bridgehead atoms. The molecule has 1 saturated heterocycles. The molecule has 1 heterocycles. The van der Waals surface area contributed by atoms with Crippen LogP contribution in [0, 0.1) is 56.7 Å². The normalized spacial score (nSPS) is 46.4. The Hall–Kier alpha value is -2.44. The van der Waals surface area contributed by atoms with Crippen LogP contribution in [0.2, 0.25) is 0 Å². The van der Waals surface area contributed by atoms with Crippen molar-refractivity contribution >= 4 is 18.0 Å². The van der Waals surface area contributed by atoms with E-state index in [1.54, 1.807) is 0 Å². The second-order valence-corrected chi connectivity index (χ2v) is 17.7. The summed E-state index contributed by atoms with van der Waals surface area (Å²) in [5.74, 6) is 0.365. The van der Waals surface area contributed by atoms with Crippen LogP contribution >= 0.6 is 0 Å². The number of hydrogen-bond donors (Lipinski definition) is 1. The molecular formula is C40H54O6. The second kappa shape index (κ2) is 10.0. The van der Waals surface area contributed by atoms with E-state index in [9.17, 15) is 14.7 Å². The number of benzene rings is 1. The van der Waals surface area contributed by atoms with E-state index in [0.717, 1.165) is 37.7 Å². The average molecular weight is 631 g/mol. The zero-order valence-corrected chi connectivity index (χ0v) is 29.2. The van der Waals surface area contributed by atoms with Crippen molar-refractivity contribution in [1.29, 1.82) is 0 Å². The molecule has 6 aliphatic rings. The molecule has 5 fully saturated rings. The van der Waals surface area contributed by atoms with Crippen molar-refractivity contribution in [2.75, 3.05) is 0 Å². The van der Waals surface area contributed by atoms with Crippen molar-refractivity contribution < 1.29 is 28.9 Å². The molecule has 0 spiro atoms. The third-order valence-electron chi connectivity index (χ3n) is 15.3. The highest BCUT2D eigenvalue weighted by molar-refractivity contribution is 5.76. The fourth-order valence-corrected chi connectivity index (χ4v) is 13.4. The van der Waals surface area contributed by atoms with Gasteiger partial charge in [-0.15, -0.1) is 0 Å². The topological polar surface area (TPSA) is 82.1 Å². The third-order valence-corrected chi connectivity index (χ3v) is 15.3. The molecule has 6 heteroatoms. The van der Waals surface area contributed by atoms with Crippen LogP contribution in [0.15, 0.2) is 42.5 Å². The summed E-state index contributed by atoms with van der Waals surface area (Å²) < 4.78 is 19.4. The van der Waals surface area contributed by atoms with Crippen LogP contribution < -0.4 is 4.74 Å². The van der Waals surface area contributed by atoms with Gasteiger partial charge >= 0.3 is 5.97 Å². The predicted molar refractivity (Wildman–Crippen MR) is 178 cm³/mol. The lowest BCUT2D eigenvalue weighted by molar-refractivity contribution is -0.275. The quantitative estimate of drug-likeness (QED) is 0.259. The van der Waals surface area contributed by atoms with E-state index in [-0.39, 0.29) is 51.6 Å². The zero-order chi connectivity index (χ0) is 33.2. The van der Waals surface area contributed by atoms with Crippen molar-refractivity contribution in [2.45, 2.75) is 118 Å². The Morgan fingerprint density at radius 2 is 1.63 bits per heavy atom. The molecule has 0 unspecified atom stereocenters. The summed E-state index contributed by atoms with van der Waals surface area (Å²) in [6.07, 6.45) is 8.43. The highest BCUT2D eigenvalue weighted by Gasteiger charge is 2.78. The molecule has 11 atom stereocenters. The monoisotopic (exact) mass is 630 g/mol. The molecule has 5 aliphatic carbocycles. The standard InChI is InChI=1S/C40H54O6/c1-23(2)26-16-19-40(34(42)43)21-32-38(8)28(33(26)40)14-15-29-37(7)18-17-27(24-10-12-25(13-11-24)44-22-41)35(3,4)30(37)20-31(39(29,38)9)45-36(5,6)46-32/h10-13,17,22,26,28-33H,1,14-16,18-21H2,2-9H3,(H,42,43)/t26-,28+,29+,30-,31-,32-,33+,37+,38-,39-,40-/m0/s1. The molecule has 0 radical (unpaired) electrons. The Morgan fingerprint density at radius 3 is 2.26 bits per heavy atom. The first-order valence-corrected chi connectivity index (χ1v) is 17.6. The van der Waals surface area contributed by atoms with Crippen molar-refractivity contribution in [1.82, 2.24) is 0 Å². The Morgan fingerprint density at radius 1 is 0.957 bits per heavy atom. The smallest absolute Gasteiger partial charge is 0.310 e. The molecule has 1 N–H and O–H groups in total. The molecule has 1 aliphatic heterocycles. The van der Waals surface area contributed by atoms with Gasteiger partial charge in [0, 0.05) is 10.8 Å². The number of fused-ring (bicyclic) bond motifs is 4. The Kier molecular flexibility index (Phi) is 7.01. The Bertz CT molecular complexity index is 1490. The lowest BCUT2D eigenvalue weighted by Gasteiger charge is -2.73. The van der Waals surface area contributed by atoms with E-state index in [4.69, 9.17) is 14.2 Å². The van der Waals surface area contributed by atoms with Crippen molar-refractivity contribution in [3.8, 4) is 5.75 Å². The van der Waals surface area contributed by atoms with E-state index < -0.39 is 17.2 Å². The van der Waals surface area contributed by atoms with Gasteiger partial charge in [-0.1, -0.05) is 65.0 Å². The first-order chi connectivity index (χ1) is 21.5. The molecule has 0 amide bonds. The summed E-state index contributed by atoms with van der Waals surface area (Å²) >= 11 is 0. The summed E-state index contributed by atoms with van der Waals surface area (Å²) in [6, 6.07) is 7.91. The number of ether oxygens (including phenoxy) is 3. The number of aliphatic carboxylic acids is 1. The fourth-order valence-electron chi connectivity index (χ4n) is 13.4. The van der Waals surface area contributed by atoms with Crippen molar-refractivity contribution in [2.24, 2.45) is 56.7 Å². The van der Waals surface area contributed by atoms with E-state index >= 15 is 0 Å². The number of allylic oxidation sites excluding steroid dienone is 3. The van der Waals surface area contributed by atoms with E-state index in [2.05, 4.69) is 80.2 Å². The van der Waals surface area contributed by atoms with Gasteiger partial charge in [-0.3, -0.25) is 9.59 Å². The van der Waals surface area contributed by atoms with Gasteiger partial charge in [0.1, 0.15) is 5.75 Å². The molecule has 0 aromatic heterocycles. The third kappa shape index (κ3) is 3.95. The first kappa shape index (κ1) is 32.1. The average Bonchev–Trinajstić information content (AvgIpc) is 3.34. The number of hydrogen-bond acceptors (Lipinski definition) is 5. The van der Waals surface area contributed by atoms with Crippen LogP contribution in [0.5, 0.6) is 5.75 Å². The molecular weight excluding hydrogens is 576 g/mol. The molecule has 6 nitrogen and oxygen atoms in total. The van der Waals surface area contributed by atoms with Gasteiger partial charge in [-0.25, -0.2) is 0 Å². The maximum Gasteiger partial charge on any atom is 0.310 e. The lowest BCUT2D eigenvalue weighted by atomic mass is 9.31. The molecule has 1 aromatic rings. The van der Waals surface area contributed by atoms with Crippen LogP contribution in [-0.2, 0) is 19.1 Å². The molecule has 1 aromatic carbocycles. The highest BCUT2D eigenvalue weighted by Crippen LogP contribution is 2.79. The maximum absolute atomic E-state index is 13.4. The van der Waals surface area contributed by atoms with Crippen molar-refractivity contribution in [3.63, 3.8) is 0 Å². The molecule has 250 valence electrons. The Balaban J connectivity index is 1.36. The van der Waals surface area contributed by atoms with E-state index in [1.807, 2.05) is 12.1 Å². The number of carbonyl (C=O) groups excluding carboxylic acids is 1. The van der Waals surface area contributed by atoms with Crippen LogP contribution in [0.25, 0.3) is 5.57 Å². The van der Waals surface area contributed by atoms with Gasteiger partial charge in [-0.05, 0) is 129 Å². The summed E-state index contributed by atoms with van der Waals surface area (Å²) in [5, 5.41) is 11.0. The number of carboxylic acid groups (broad SMARTS) is 1. The van der Waals surface area contributed by atoms with E-state index in [0.29, 0.717) is 36.9 Å². The van der Waals surface area contributed by atoms with Gasteiger partial charge in [0.2, 0.25) is 0 Å². The van der Waals surface area contributed by atoms with Crippen LogP contribution in [-0.4, -0.2) is 35.5 Å². The van der Waals surface area contributed by atoms with Gasteiger partial charge in [0.15, 0.2) is 5.79 Å². The van der Waals surface area contributed by atoms with Crippen molar-refractivity contribution in [3.05, 3.63) is 48.1 Å². The minimum Gasteiger partial charge on any atom is -0.481 e. The largest absolute Gasteiger partial charge is 0.481 e. The van der Waals surface area contributed by atoms with Gasteiger partial charge < -0.3 is 19.3 Å². The zero-order valence-electron chi connectivity index (χ0n) is 29.2. The predicted octanol–water partition coefficient (Wildman–Crippen LogP) is 8.70. The minimum absolute atomic E-state index is 0.0209. The van der Waals surface area contributed by atoms with Crippen LogP contribution in [0.4, 0.5) is 0 Å². The highest BCUT2D eigenvalue weighted by atomic mass is 16.7. The van der Waals surface area contributed by atoms with E-state index in [1.165, 1.54) is 11.1 Å². The number of carbonyl (C=O) groups is 2. The summed E-state index contributed by atoms with van der Waals surface area (Å²) in [6.45, 7) is 23.5. The minimum atomic E-state index is -0.827.